The lowest BCUT2D eigenvalue weighted by molar-refractivity contribution is 0.173. The van der Waals surface area contributed by atoms with E-state index in [9.17, 15) is 0 Å². The smallest absolute Gasteiger partial charge is 0.0507 e. The summed E-state index contributed by atoms with van der Waals surface area (Å²) < 4.78 is 2.63. The maximum Gasteiger partial charge on any atom is 0.0507 e. The molecule has 0 radical (unpaired) electrons. The molecule has 1 aliphatic carbocycles. The molecule has 0 N–H and O–H groups in total. The largest absolute Gasteiger partial charge is 0.343 e. The predicted molar refractivity (Wildman–Crippen MR) is 109 cm³/mol. The summed E-state index contributed by atoms with van der Waals surface area (Å²) >= 11 is 6.07. The minimum Gasteiger partial charge on any atom is -0.343 e. The Hall–Kier alpha value is -1.77. The summed E-state index contributed by atoms with van der Waals surface area (Å²) in [5.41, 5.74) is 7.39. The molecule has 3 aromatic rings. The standard InChI is InChI=1S/C23H25ClN2/c1-16-6-11-21-20(14-16)19-4-2-5-22-23(19)26(21)13-3-12-25(22)15-17-7-9-18(24)10-8-17/h6-11,14,22H,2-5,12-13,15H2,1H3/t22-/m1/s1. The summed E-state index contributed by atoms with van der Waals surface area (Å²) in [5, 5.41) is 2.32. The molecule has 2 nitrogen and oxygen atoms in total. The van der Waals surface area contributed by atoms with Crippen LogP contribution in [-0.2, 0) is 19.5 Å². The van der Waals surface area contributed by atoms with Crippen molar-refractivity contribution in [2.45, 2.75) is 51.7 Å². The Morgan fingerprint density at radius 1 is 1.04 bits per heavy atom. The molecule has 134 valence electrons. The Kier molecular flexibility index (Phi) is 4.06. The van der Waals surface area contributed by atoms with Crippen molar-refractivity contribution in [2.75, 3.05) is 6.54 Å². The molecule has 0 saturated carbocycles. The van der Waals surface area contributed by atoms with Gasteiger partial charge in [0.1, 0.15) is 0 Å². The fourth-order valence-electron chi connectivity index (χ4n) is 5.01. The lowest BCUT2D eigenvalue weighted by atomic mass is 9.90. The first-order valence-corrected chi connectivity index (χ1v) is 10.2. The van der Waals surface area contributed by atoms with Crippen LogP contribution in [0.1, 0.15) is 47.7 Å². The van der Waals surface area contributed by atoms with Crippen LogP contribution in [0, 0.1) is 6.92 Å². The van der Waals surface area contributed by atoms with E-state index in [2.05, 4.69) is 46.7 Å². The molecule has 0 bridgehead atoms. The normalized spacial score (nSPS) is 20.2. The molecule has 1 atom stereocenters. The zero-order chi connectivity index (χ0) is 17.7. The molecule has 0 amide bonds. The molecule has 2 aromatic carbocycles. The molecule has 0 unspecified atom stereocenters. The van der Waals surface area contributed by atoms with E-state index in [-0.39, 0.29) is 0 Å². The second-order valence-corrected chi connectivity index (χ2v) is 8.33. The van der Waals surface area contributed by atoms with Crippen LogP contribution in [0.3, 0.4) is 0 Å². The third-order valence-corrected chi connectivity index (χ3v) is 6.41. The van der Waals surface area contributed by atoms with Crippen molar-refractivity contribution in [3.63, 3.8) is 0 Å². The second kappa shape index (κ2) is 6.44. The maximum atomic E-state index is 6.07. The Labute approximate surface area is 160 Å². The molecule has 26 heavy (non-hydrogen) atoms. The van der Waals surface area contributed by atoms with E-state index in [0.717, 1.165) is 18.1 Å². The number of aryl methyl sites for hydroxylation is 3. The number of benzene rings is 2. The summed E-state index contributed by atoms with van der Waals surface area (Å²) in [6, 6.07) is 15.9. The number of fused-ring (bicyclic) bond motifs is 3. The van der Waals surface area contributed by atoms with Gasteiger partial charge in [0, 0.05) is 41.3 Å². The van der Waals surface area contributed by atoms with Gasteiger partial charge in [-0.1, -0.05) is 35.4 Å². The van der Waals surface area contributed by atoms with E-state index in [1.807, 2.05) is 12.1 Å². The second-order valence-electron chi connectivity index (χ2n) is 7.89. The van der Waals surface area contributed by atoms with Crippen LogP contribution in [0.15, 0.2) is 42.5 Å². The third kappa shape index (κ3) is 2.67. The molecular formula is C23H25ClN2. The average Bonchev–Trinajstić information content (AvgIpc) is 2.83. The highest BCUT2D eigenvalue weighted by atomic mass is 35.5. The van der Waals surface area contributed by atoms with Gasteiger partial charge in [0.05, 0.1) is 6.04 Å². The molecule has 0 fully saturated rings. The molecule has 2 aliphatic rings. The first-order valence-electron chi connectivity index (χ1n) is 9.81. The third-order valence-electron chi connectivity index (χ3n) is 6.15. The van der Waals surface area contributed by atoms with Gasteiger partial charge in [-0.2, -0.15) is 0 Å². The SMILES string of the molecule is Cc1ccc2c(c1)c1c3n2CCCN(Cc2ccc(Cl)cc2)[C@@H]3CCC1. The minimum absolute atomic E-state index is 0.546. The van der Waals surface area contributed by atoms with Crippen molar-refractivity contribution >= 4 is 22.5 Å². The van der Waals surface area contributed by atoms with Crippen molar-refractivity contribution in [3.05, 3.63) is 69.9 Å². The van der Waals surface area contributed by atoms with Gasteiger partial charge in [-0.3, -0.25) is 4.90 Å². The number of halogens is 1. The van der Waals surface area contributed by atoms with Gasteiger partial charge >= 0.3 is 0 Å². The van der Waals surface area contributed by atoms with Crippen molar-refractivity contribution in [1.29, 1.82) is 0 Å². The fraction of sp³-hybridized carbons (Fsp3) is 0.391. The zero-order valence-corrected chi connectivity index (χ0v) is 16.1. The highest BCUT2D eigenvalue weighted by molar-refractivity contribution is 6.30. The highest BCUT2D eigenvalue weighted by Crippen LogP contribution is 2.42. The molecule has 0 spiro atoms. The maximum absolute atomic E-state index is 6.07. The van der Waals surface area contributed by atoms with Crippen molar-refractivity contribution < 1.29 is 0 Å². The quantitative estimate of drug-likeness (QED) is 0.550. The predicted octanol–water partition coefficient (Wildman–Crippen LogP) is 5.89. The fourth-order valence-corrected chi connectivity index (χ4v) is 5.13. The van der Waals surface area contributed by atoms with Crippen molar-refractivity contribution in [3.8, 4) is 0 Å². The summed E-state index contributed by atoms with van der Waals surface area (Å²) in [7, 11) is 0. The van der Waals surface area contributed by atoms with Crippen LogP contribution in [-0.4, -0.2) is 16.0 Å². The van der Waals surface area contributed by atoms with E-state index in [4.69, 9.17) is 11.6 Å². The first-order chi connectivity index (χ1) is 12.7. The topological polar surface area (TPSA) is 8.17 Å². The van der Waals surface area contributed by atoms with E-state index in [1.54, 1.807) is 11.3 Å². The van der Waals surface area contributed by atoms with Crippen LogP contribution in [0.2, 0.25) is 5.02 Å². The van der Waals surface area contributed by atoms with Gasteiger partial charge in [0.25, 0.3) is 0 Å². The highest BCUT2D eigenvalue weighted by Gasteiger charge is 2.33. The summed E-state index contributed by atoms with van der Waals surface area (Å²) in [6.45, 7) is 5.54. The van der Waals surface area contributed by atoms with Crippen LogP contribution < -0.4 is 0 Å². The van der Waals surface area contributed by atoms with Gasteiger partial charge < -0.3 is 4.57 Å². The summed E-state index contributed by atoms with van der Waals surface area (Å²) in [4.78, 5) is 2.70. The van der Waals surface area contributed by atoms with Gasteiger partial charge in [-0.25, -0.2) is 0 Å². The summed E-state index contributed by atoms with van der Waals surface area (Å²) in [5.74, 6) is 0. The Morgan fingerprint density at radius 3 is 2.73 bits per heavy atom. The molecule has 0 saturated heterocycles. The van der Waals surface area contributed by atoms with E-state index >= 15 is 0 Å². The van der Waals surface area contributed by atoms with E-state index < -0.39 is 0 Å². The number of aromatic nitrogens is 1. The minimum atomic E-state index is 0.546. The Bertz CT molecular complexity index is 951. The van der Waals surface area contributed by atoms with Gasteiger partial charge in [0.2, 0.25) is 0 Å². The van der Waals surface area contributed by atoms with Crippen LogP contribution in [0.5, 0.6) is 0 Å². The Morgan fingerprint density at radius 2 is 1.88 bits per heavy atom. The number of hydrogen-bond donors (Lipinski definition) is 0. The Balaban J connectivity index is 1.58. The first kappa shape index (κ1) is 16.4. The van der Waals surface area contributed by atoms with E-state index in [0.29, 0.717) is 6.04 Å². The lowest BCUT2D eigenvalue weighted by Crippen LogP contribution is -2.30. The lowest BCUT2D eigenvalue weighted by Gasteiger charge is -2.33. The van der Waals surface area contributed by atoms with Crippen LogP contribution in [0.4, 0.5) is 0 Å². The van der Waals surface area contributed by atoms with Gasteiger partial charge in [-0.05, 0) is 68.0 Å². The molecular weight excluding hydrogens is 340 g/mol. The van der Waals surface area contributed by atoms with Gasteiger partial charge in [-0.15, -0.1) is 0 Å². The number of rotatable bonds is 2. The molecule has 2 heterocycles. The average molecular weight is 365 g/mol. The van der Waals surface area contributed by atoms with Crippen LogP contribution in [0.25, 0.3) is 10.9 Å². The number of nitrogens with zero attached hydrogens (tertiary/aromatic N) is 2. The van der Waals surface area contributed by atoms with Crippen molar-refractivity contribution in [1.82, 2.24) is 9.47 Å². The van der Waals surface area contributed by atoms with Crippen molar-refractivity contribution in [2.24, 2.45) is 0 Å². The molecule has 3 heteroatoms. The summed E-state index contributed by atoms with van der Waals surface area (Å²) in [6.07, 6.45) is 5.01. The zero-order valence-electron chi connectivity index (χ0n) is 15.3. The monoisotopic (exact) mass is 364 g/mol. The number of hydrogen-bond acceptors (Lipinski definition) is 1. The van der Waals surface area contributed by atoms with E-state index in [1.165, 1.54) is 54.3 Å². The molecule has 1 aromatic heterocycles. The van der Waals surface area contributed by atoms with Gasteiger partial charge in [0.15, 0.2) is 0 Å². The molecule has 1 aliphatic heterocycles. The molecule has 5 rings (SSSR count). The van der Waals surface area contributed by atoms with Crippen LogP contribution >= 0.6 is 11.6 Å².